The van der Waals surface area contributed by atoms with Gasteiger partial charge in [0.25, 0.3) is 5.91 Å². The van der Waals surface area contributed by atoms with Gasteiger partial charge in [0, 0.05) is 23.8 Å². The Kier molecular flexibility index (Phi) is 6.63. The highest BCUT2D eigenvalue weighted by Gasteiger charge is 2.08. The van der Waals surface area contributed by atoms with Crippen LogP contribution in [0, 0.1) is 0 Å². The van der Waals surface area contributed by atoms with Crippen molar-refractivity contribution in [3.05, 3.63) is 66.5 Å². The molecular weight excluding hydrogens is 368 g/mol. The Labute approximate surface area is 170 Å². The van der Waals surface area contributed by atoms with Crippen LogP contribution in [0.1, 0.15) is 31.1 Å². The molecule has 3 aromatic rings. The second kappa shape index (κ2) is 9.54. The molecule has 0 saturated heterocycles. The number of carbonyl (C=O) groups is 1. The van der Waals surface area contributed by atoms with E-state index >= 15 is 0 Å². The first-order chi connectivity index (χ1) is 14.0. The predicted octanol–water partition coefficient (Wildman–Crippen LogP) is 4.66. The number of ether oxygens (including phenoxy) is 2. The molecule has 0 aliphatic rings. The molecule has 0 unspecified atom stereocenters. The normalized spacial score (nSPS) is 10.5. The fourth-order valence-electron chi connectivity index (χ4n) is 2.53. The first kappa shape index (κ1) is 20.1. The molecule has 150 valence electrons. The molecule has 0 fully saturated rings. The Morgan fingerprint density at radius 2 is 1.52 bits per heavy atom. The summed E-state index contributed by atoms with van der Waals surface area (Å²) in [5.41, 5.74) is 1.86. The summed E-state index contributed by atoms with van der Waals surface area (Å²) in [4.78, 5) is 20.8. The molecule has 7 nitrogen and oxygen atoms in total. The minimum Gasteiger partial charge on any atom is -0.494 e. The van der Waals surface area contributed by atoms with Crippen LogP contribution < -0.4 is 20.1 Å². The molecule has 29 heavy (non-hydrogen) atoms. The van der Waals surface area contributed by atoms with Gasteiger partial charge < -0.3 is 20.1 Å². The van der Waals surface area contributed by atoms with Crippen LogP contribution in [0.25, 0.3) is 0 Å². The second-order valence-electron chi connectivity index (χ2n) is 6.52. The van der Waals surface area contributed by atoms with Gasteiger partial charge in [-0.25, -0.2) is 9.97 Å². The zero-order valence-electron chi connectivity index (χ0n) is 16.7. The number of benzene rings is 2. The molecule has 1 heterocycles. The van der Waals surface area contributed by atoms with Gasteiger partial charge in [-0.05, 0) is 69.3 Å². The molecule has 0 bridgehead atoms. The lowest BCUT2D eigenvalue weighted by atomic mass is 10.2. The van der Waals surface area contributed by atoms with Gasteiger partial charge in [-0.15, -0.1) is 0 Å². The fourth-order valence-corrected chi connectivity index (χ4v) is 2.53. The van der Waals surface area contributed by atoms with Crippen LogP contribution in [-0.4, -0.2) is 28.6 Å². The quantitative estimate of drug-likeness (QED) is 0.580. The van der Waals surface area contributed by atoms with E-state index in [9.17, 15) is 4.79 Å². The van der Waals surface area contributed by atoms with Crippen molar-refractivity contribution in [2.24, 2.45) is 0 Å². The van der Waals surface area contributed by atoms with Crippen molar-refractivity contribution in [2.45, 2.75) is 26.9 Å². The van der Waals surface area contributed by atoms with Crippen molar-refractivity contribution in [3.63, 3.8) is 0 Å². The Morgan fingerprint density at radius 3 is 2.10 bits per heavy atom. The molecule has 0 spiro atoms. The van der Waals surface area contributed by atoms with E-state index in [0.29, 0.717) is 23.8 Å². The third-order valence-corrected chi connectivity index (χ3v) is 3.82. The predicted molar refractivity (Wildman–Crippen MR) is 113 cm³/mol. The van der Waals surface area contributed by atoms with Gasteiger partial charge in [0.2, 0.25) is 5.95 Å². The molecule has 0 saturated carbocycles. The van der Waals surface area contributed by atoms with E-state index in [0.717, 1.165) is 17.2 Å². The largest absolute Gasteiger partial charge is 0.494 e. The topological polar surface area (TPSA) is 85.4 Å². The lowest BCUT2D eigenvalue weighted by Crippen LogP contribution is -2.13. The van der Waals surface area contributed by atoms with Crippen molar-refractivity contribution in [3.8, 4) is 11.5 Å². The van der Waals surface area contributed by atoms with E-state index in [1.54, 1.807) is 24.3 Å². The summed E-state index contributed by atoms with van der Waals surface area (Å²) >= 11 is 0. The Hall–Kier alpha value is -3.61. The number of rotatable bonds is 8. The summed E-state index contributed by atoms with van der Waals surface area (Å²) in [5.74, 6) is 1.68. The van der Waals surface area contributed by atoms with Crippen molar-refractivity contribution in [2.75, 3.05) is 17.2 Å². The maximum absolute atomic E-state index is 12.4. The van der Waals surface area contributed by atoms with E-state index in [2.05, 4.69) is 20.6 Å². The molecule has 0 radical (unpaired) electrons. The third-order valence-electron chi connectivity index (χ3n) is 3.82. The van der Waals surface area contributed by atoms with E-state index in [4.69, 9.17) is 9.47 Å². The van der Waals surface area contributed by atoms with E-state index in [-0.39, 0.29) is 12.0 Å². The summed E-state index contributed by atoms with van der Waals surface area (Å²) in [6, 6.07) is 14.7. The van der Waals surface area contributed by atoms with Gasteiger partial charge in [0.05, 0.1) is 18.3 Å². The second-order valence-corrected chi connectivity index (χ2v) is 6.52. The minimum absolute atomic E-state index is 0.124. The maximum Gasteiger partial charge on any atom is 0.258 e. The number of nitrogens with zero attached hydrogens (tertiary/aromatic N) is 2. The maximum atomic E-state index is 12.4. The van der Waals surface area contributed by atoms with Gasteiger partial charge in [0.15, 0.2) is 0 Å². The zero-order valence-corrected chi connectivity index (χ0v) is 16.7. The first-order valence-electron chi connectivity index (χ1n) is 9.43. The molecule has 2 N–H and O–H groups in total. The van der Waals surface area contributed by atoms with Gasteiger partial charge >= 0.3 is 0 Å². The molecular formula is C22H24N4O3. The van der Waals surface area contributed by atoms with Crippen LogP contribution in [0.4, 0.5) is 17.3 Å². The number of hydrogen-bond donors (Lipinski definition) is 2. The number of carbonyl (C=O) groups excluding carboxylic acids is 1. The van der Waals surface area contributed by atoms with E-state index in [1.165, 1.54) is 12.4 Å². The van der Waals surface area contributed by atoms with Crippen LogP contribution in [0.15, 0.2) is 60.9 Å². The molecule has 7 heteroatoms. The highest BCUT2D eigenvalue weighted by atomic mass is 16.5. The van der Waals surface area contributed by atoms with Crippen LogP contribution in [0.5, 0.6) is 11.5 Å². The lowest BCUT2D eigenvalue weighted by Gasteiger charge is -2.10. The van der Waals surface area contributed by atoms with E-state index < -0.39 is 0 Å². The average Bonchev–Trinajstić information content (AvgIpc) is 2.71. The summed E-state index contributed by atoms with van der Waals surface area (Å²) in [7, 11) is 0. The number of nitrogens with one attached hydrogen (secondary N) is 2. The Morgan fingerprint density at radius 1 is 0.931 bits per heavy atom. The molecule has 3 rings (SSSR count). The summed E-state index contributed by atoms with van der Waals surface area (Å²) in [6.07, 6.45) is 3.09. The van der Waals surface area contributed by atoms with Crippen LogP contribution in [-0.2, 0) is 0 Å². The lowest BCUT2D eigenvalue weighted by molar-refractivity contribution is 0.102. The summed E-state index contributed by atoms with van der Waals surface area (Å²) < 4.78 is 11.0. The number of hydrogen-bond acceptors (Lipinski definition) is 6. The zero-order chi connectivity index (χ0) is 20.6. The monoisotopic (exact) mass is 392 g/mol. The van der Waals surface area contributed by atoms with Crippen molar-refractivity contribution < 1.29 is 14.3 Å². The average molecular weight is 392 g/mol. The third kappa shape index (κ3) is 5.93. The van der Waals surface area contributed by atoms with Gasteiger partial charge in [-0.1, -0.05) is 0 Å². The number of anilines is 3. The Balaban J connectivity index is 1.58. The molecule has 1 amide bonds. The van der Waals surface area contributed by atoms with Gasteiger partial charge in [-0.2, -0.15) is 0 Å². The fraction of sp³-hybridized carbons (Fsp3) is 0.227. The van der Waals surface area contributed by atoms with Gasteiger partial charge in [0.1, 0.15) is 11.5 Å². The van der Waals surface area contributed by atoms with E-state index in [1.807, 2.05) is 45.0 Å². The number of amides is 1. The van der Waals surface area contributed by atoms with Crippen molar-refractivity contribution in [1.29, 1.82) is 0 Å². The summed E-state index contributed by atoms with van der Waals surface area (Å²) in [6.45, 7) is 6.48. The molecule has 1 aromatic heterocycles. The first-order valence-corrected chi connectivity index (χ1v) is 9.43. The highest BCUT2D eigenvalue weighted by molar-refractivity contribution is 6.03. The smallest absolute Gasteiger partial charge is 0.258 e. The molecule has 0 atom stereocenters. The van der Waals surface area contributed by atoms with Crippen molar-refractivity contribution in [1.82, 2.24) is 9.97 Å². The van der Waals surface area contributed by atoms with Crippen LogP contribution >= 0.6 is 0 Å². The molecule has 0 aliphatic carbocycles. The Bertz CT molecular complexity index is 924. The molecule has 2 aromatic carbocycles. The van der Waals surface area contributed by atoms with Crippen LogP contribution in [0.2, 0.25) is 0 Å². The highest BCUT2D eigenvalue weighted by Crippen LogP contribution is 2.19. The summed E-state index contributed by atoms with van der Waals surface area (Å²) in [5, 5.41) is 5.90. The minimum atomic E-state index is -0.282. The van der Waals surface area contributed by atoms with Crippen LogP contribution in [0.3, 0.4) is 0 Å². The standard InChI is InChI=1S/C22H24N4O3/c1-4-28-19-9-5-17(6-10-19)25-21(27)16-13-23-22(24-14-16)26-18-7-11-20(12-8-18)29-15(2)3/h5-15H,4H2,1-3H3,(H,25,27)(H,23,24,26). The molecule has 0 aliphatic heterocycles. The van der Waals surface area contributed by atoms with Crippen molar-refractivity contribution >= 4 is 23.2 Å². The van der Waals surface area contributed by atoms with Gasteiger partial charge in [-0.3, -0.25) is 4.79 Å². The number of aromatic nitrogens is 2. The SMILES string of the molecule is CCOc1ccc(NC(=O)c2cnc(Nc3ccc(OC(C)C)cc3)nc2)cc1.